The second-order valence-corrected chi connectivity index (χ2v) is 5.35. The van der Waals surface area contributed by atoms with Crippen LogP contribution in [0.3, 0.4) is 0 Å². The van der Waals surface area contributed by atoms with Crippen LogP contribution in [0.1, 0.15) is 5.56 Å². The first-order valence-corrected chi connectivity index (χ1v) is 7.51. The van der Waals surface area contributed by atoms with Gasteiger partial charge in [-0.1, -0.05) is 48.0 Å². The fourth-order valence-corrected chi connectivity index (χ4v) is 2.34. The summed E-state index contributed by atoms with van der Waals surface area (Å²) in [5, 5.41) is 5.37. The number of carbonyl (C=O) groups excluding carboxylic acids is 1. The van der Waals surface area contributed by atoms with Gasteiger partial charge in [0.2, 0.25) is 0 Å². The van der Waals surface area contributed by atoms with E-state index in [1.165, 1.54) is 0 Å². The molecule has 114 valence electrons. The maximum Gasteiger partial charge on any atom is 0.250 e. The largest absolute Gasteiger partial charge is 0.272 e. The van der Waals surface area contributed by atoms with Crippen molar-refractivity contribution >= 4 is 17.5 Å². The summed E-state index contributed by atoms with van der Waals surface area (Å²) in [7, 11) is 0. The first-order valence-electron chi connectivity index (χ1n) is 7.14. The van der Waals surface area contributed by atoms with Crippen LogP contribution >= 0.6 is 11.6 Å². The summed E-state index contributed by atoms with van der Waals surface area (Å²) in [5.74, 6) is -0.252. The Bertz CT molecular complexity index is 868. The van der Waals surface area contributed by atoms with Gasteiger partial charge in [-0.05, 0) is 29.8 Å². The third-order valence-corrected chi connectivity index (χ3v) is 3.64. The number of amides is 1. The van der Waals surface area contributed by atoms with Crippen molar-refractivity contribution in [1.29, 1.82) is 0 Å². The third-order valence-electron chi connectivity index (χ3n) is 3.27. The molecule has 1 amide bonds. The van der Waals surface area contributed by atoms with Gasteiger partial charge in [-0.3, -0.25) is 4.79 Å². The highest BCUT2D eigenvalue weighted by molar-refractivity contribution is 6.31. The fraction of sp³-hybridized carbons (Fsp3) is 0.0556. The van der Waals surface area contributed by atoms with Crippen molar-refractivity contribution in [2.24, 2.45) is 4.99 Å². The van der Waals surface area contributed by atoms with E-state index in [-0.39, 0.29) is 12.3 Å². The van der Waals surface area contributed by atoms with Gasteiger partial charge in [-0.25, -0.2) is 9.67 Å². The van der Waals surface area contributed by atoms with Crippen LogP contribution in [0.5, 0.6) is 0 Å². The topological polar surface area (TPSA) is 47.2 Å². The number of hydrogen-bond acceptors (Lipinski definition) is 2. The SMILES string of the molecule is O=C(Cc1ccccc1Cl)N=c1ccn(-c2ccccc2)nc1. The molecular weight excluding hydrogens is 310 g/mol. The van der Waals surface area contributed by atoms with Crippen LogP contribution in [0.2, 0.25) is 5.02 Å². The Kier molecular flexibility index (Phi) is 4.64. The van der Waals surface area contributed by atoms with Crippen LogP contribution in [-0.4, -0.2) is 15.7 Å². The van der Waals surface area contributed by atoms with Crippen LogP contribution in [0, 0.1) is 0 Å². The number of halogens is 1. The second-order valence-electron chi connectivity index (χ2n) is 4.94. The predicted octanol–water partition coefficient (Wildman–Crippen LogP) is 3.20. The third kappa shape index (κ3) is 3.93. The summed E-state index contributed by atoms with van der Waals surface area (Å²) >= 11 is 6.05. The minimum Gasteiger partial charge on any atom is -0.272 e. The Morgan fingerprint density at radius 1 is 1.04 bits per heavy atom. The number of aromatic nitrogens is 2. The Balaban J connectivity index is 1.78. The van der Waals surface area contributed by atoms with Gasteiger partial charge in [0, 0.05) is 11.2 Å². The van der Waals surface area contributed by atoms with E-state index >= 15 is 0 Å². The quantitative estimate of drug-likeness (QED) is 0.743. The zero-order chi connectivity index (χ0) is 16.1. The maximum absolute atomic E-state index is 12.0. The van der Waals surface area contributed by atoms with Crippen LogP contribution in [0.4, 0.5) is 0 Å². The average molecular weight is 324 g/mol. The van der Waals surface area contributed by atoms with Crippen molar-refractivity contribution in [3.05, 3.63) is 89.0 Å². The van der Waals surface area contributed by atoms with Crippen molar-refractivity contribution in [3.63, 3.8) is 0 Å². The molecule has 5 heteroatoms. The number of carbonyl (C=O) groups is 1. The van der Waals surface area contributed by atoms with Gasteiger partial charge in [0.15, 0.2) is 0 Å². The molecule has 0 unspecified atom stereocenters. The number of nitrogens with zero attached hydrogens (tertiary/aromatic N) is 3. The molecule has 1 heterocycles. The molecule has 0 N–H and O–H groups in total. The van der Waals surface area contributed by atoms with E-state index in [0.717, 1.165) is 11.3 Å². The zero-order valence-electron chi connectivity index (χ0n) is 12.3. The maximum atomic E-state index is 12.0. The molecular formula is C18H14ClN3O. The molecule has 3 aromatic rings. The summed E-state index contributed by atoms with van der Waals surface area (Å²) < 4.78 is 1.72. The molecule has 0 aliphatic heterocycles. The summed E-state index contributed by atoms with van der Waals surface area (Å²) in [5.41, 5.74) is 1.72. The molecule has 3 rings (SSSR count). The van der Waals surface area contributed by atoms with Crippen molar-refractivity contribution in [3.8, 4) is 5.69 Å². The van der Waals surface area contributed by atoms with Gasteiger partial charge in [0.25, 0.3) is 5.91 Å². The molecule has 23 heavy (non-hydrogen) atoms. The van der Waals surface area contributed by atoms with Crippen molar-refractivity contribution < 1.29 is 4.79 Å². The molecule has 0 saturated carbocycles. The van der Waals surface area contributed by atoms with Gasteiger partial charge in [-0.15, -0.1) is 0 Å². The van der Waals surface area contributed by atoms with Crippen molar-refractivity contribution in [2.75, 3.05) is 0 Å². The minimum absolute atomic E-state index is 0.174. The van der Waals surface area contributed by atoms with Crippen LogP contribution in [0.25, 0.3) is 5.69 Å². The van der Waals surface area contributed by atoms with E-state index in [1.807, 2.05) is 48.5 Å². The molecule has 0 aliphatic rings. The molecule has 4 nitrogen and oxygen atoms in total. The summed E-state index contributed by atoms with van der Waals surface area (Å²) in [4.78, 5) is 16.1. The van der Waals surface area contributed by atoms with E-state index in [4.69, 9.17) is 11.6 Å². The van der Waals surface area contributed by atoms with E-state index in [0.29, 0.717) is 10.4 Å². The lowest BCUT2D eigenvalue weighted by Gasteiger charge is -2.03. The number of rotatable bonds is 3. The van der Waals surface area contributed by atoms with E-state index in [2.05, 4.69) is 10.1 Å². The molecule has 0 spiro atoms. The highest BCUT2D eigenvalue weighted by Gasteiger charge is 2.05. The lowest BCUT2D eigenvalue weighted by Crippen LogP contribution is -2.12. The number of para-hydroxylation sites is 1. The van der Waals surface area contributed by atoms with E-state index < -0.39 is 0 Å². The summed E-state index contributed by atoms with van der Waals surface area (Å²) in [6, 6.07) is 18.7. The number of benzene rings is 2. The Hall–Kier alpha value is -2.72. The molecule has 0 bridgehead atoms. The smallest absolute Gasteiger partial charge is 0.250 e. The molecule has 0 saturated heterocycles. The second kappa shape index (κ2) is 7.03. The Morgan fingerprint density at radius 2 is 1.78 bits per heavy atom. The molecule has 1 aromatic heterocycles. The van der Waals surface area contributed by atoms with E-state index in [1.54, 1.807) is 29.2 Å². The van der Waals surface area contributed by atoms with Gasteiger partial charge in [0.05, 0.1) is 23.7 Å². The highest BCUT2D eigenvalue weighted by atomic mass is 35.5. The minimum atomic E-state index is -0.252. The highest BCUT2D eigenvalue weighted by Crippen LogP contribution is 2.15. The molecule has 0 radical (unpaired) electrons. The van der Waals surface area contributed by atoms with Crippen LogP contribution < -0.4 is 5.36 Å². The molecule has 2 aromatic carbocycles. The Morgan fingerprint density at radius 3 is 2.48 bits per heavy atom. The molecule has 0 aliphatic carbocycles. The zero-order valence-corrected chi connectivity index (χ0v) is 13.0. The van der Waals surface area contributed by atoms with Crippen molar-refractivity contribution in [1.82, 2.24) is 9.78 Å². The average Bonchev–Trinajstić information content (AvgIpc) is 2.58. The van der Waals surface area contributed by atoms with Gasteiger partial charge in [0.1, 0.15) is 0 Å². The van der Waals surface area contributed by atoms with Gasteiger partial charge >= 0.3 is 0 Å². The standard InChI is InChI=1S/C18H14ClN3O/c19-17-9-5-4-6-14(17)12-18(23)21-15-10-11-22(20-13-15)16-7-2-1-3-8-16/h1-11,13H,12H2. The number of hydrogen-bond donors (Lipinski definition) is 0. The first kappa shape index (κ1) is 15.2. The lowest BCUT2D eigenvalue weighted by atomic mass is 10.1. The van der Waals surface area contributed by atoms with Gasteiger partial charge < -0.3 is 0 Å². The molecule has 0 atom stereocenters. The molecule has 0 fully saturated rings. The normalized spacial score (nSPS) is 11.4. The van der Waals surface area contributed by atoms with Gasteiger partial charge in [-0.2, -0.15) is 5.10 Å². The monoisotopic (exact) mass is 323 g/mol. The summed E-state index contributed by atoms with van der Waals surface area (Å²) in [6.45, 7) is 0. The predicted molar refractivity (Wildman–Crippen MR) is 89.3 cm³/mol. The van der Waals surface area contributed by atoms with Crippen LogP contribution in [-0.2, 0) is 11.2 Å². The first-order chi connectivity index (χ1) is 11.2. The Labute approximate surface area is 138 Å². The van der Waals surface area contributed by atoms with Crippen molar-refractivity contribution in [2.45, 2.75) is 6.42 Å². The van der Waals surface area contributed by atoms with Crippen LogP contribution in [0.15, 0.2) is 78.0 Å². The fourth-order valence-electron chi connectivity index (χ4n) is 2.14. The summed E-state index contributed by atoms with van der Waals surface area (Å²) in [6.07, 6.45) is 3.52. The lowest BCUT2D eigenvalue weighted by molar-refractivity contribution is -0.117. The van der Waals surface area contributed by atoms with E-state index in [9.17, 15) is 4.79 Å².